The van der Waals surface area contributed by atoms with Gasteiger partial charge in [-0.2, -0.15) is 10.2 Å². The molecule has 4 nitrogen and oxygen atoms in total. The summed E-state index contributed by atoms with van der Waals surface area (Å²) in [5.74, 6) is 0. The van der Waals surface area contributed by atoms with Crippen molar-refractivity contribution in [3.63, 3.8) is 0 Å². The molecular weight excluding hydrogens is 260 g/mol. The fraction of sp³-hybridized carbons (Fsp3) is 0.588. The summed E-state index contributed by atoms with van der Waals surface area (Å²) < 4.78 is 0. The van der Waals surface area contributed by atoms with E-state index >= 15 is 0 Å². The van der Waals surface area contributed by atoms with Crippen molar-refractivity contribution in [1.29, 1.82) is 0 Å². The van der Waals surface area contributed by atoms with E-state index in [9.17, 15) is 0 Å². The minimum absolute atomic E-state index is 0.0291. The van der Waals surface area contributed by atoms with Crippen molar-refractivity contribution in [3.8, 4) is 0 Å². The second-order valence-electron chi connectivity index (χ2n) is 5.44. The van der Waals surface area contributed by atoms with Crippen LogP contribution in [0.1, 0.15) is 33.6 Å². The van der Waals surface area contributed by atoms with E-state index in [1.807, 2.05) is 26.1 Å². The number of likely N-dealkylation sites (N-methyl/N-ethyl adjacent to an activating group) is 1. The Morgan fingerprint density at radius 1 is 1.43 bits per heavy atom. The fourth-order valence-electron chi connectivity index (χ4n) is 2.09. The molecule has 0 saturated carbocycles. The SMILES string of the molecule is C/C=C\CC(C=NCC)N=NC1=CCC(N(C)C)C=C1C. The van der Waals surface area contributed by atoms with Gasteiger partial charge in [0.1, 0.15) is 6.04 Å². The lowest BCUT2D eigenvalue weighted by molar-refractivity contribution is 0.341. The average Bonchev–Trinajstić information content (AvgIpc) is 2.47. The Bertz CT molecular complexity index is 455. The summed E-state index contributed by atoms with van der Waals surface area (Å²) in [6, 6.07) is 0.492. The van der Waals surface area contributed by atoms with Gasteiger partial charge in [0.05, 0.1) is 5.70 Å². The van der Waals surface area contributed by atoms with Crippen LogP contribution >= 0.6 is 0 Å². The van der Waals surface area contributed by atoms with Crippen molar-refractivity contribution in [2.24, 2.45) is 15.2 Å². The van der Waals surface area contributed by atoms with Crippen LogP contribution in [0, 0.1) is 0 Å². The normalized spacial score (nSPS) is 21.5. The molecule has 2 unspecified atom stereocenters. The first-order valence-corrected chi connectivity index (χ1v) is 7.65. The molecule has 0 aromatic carbocycles. The quantitative estimate of drug-likeness (QED) is 0.396. The zero-order valence-electron chi connectivity index (χ0n) is 14.0. The van der Waals surface area contributed by atoms with Gasteiger partial charge in [0.15, 0.2) is 0 Å². The Kier molecular flexibility index (Phi) is 7.83. The van der Waals surface area contributed by atoms with Gasteiger partial charge < -0.3 is 4.90 Å². The number of aliphatic imine (C=N–C) groups is 1. The van der Waals surface area contributed by atoms with E-state index in [1.54, 1.807) is 0 Å². The molecule has 0 radical (unpaired) electrons. The van der Waals surface area contributed by atoms with E-state index in [1.165, 1.54) is 5.57 Å². The highest BCUT2D eigenvalue weighted by molar-refractivity contribution is 5.64. The van der Waals surface area contributed by atoms with Gasteiger partial charge in [0, 0.05) is 18.8 Å². The summed E-state index contributed by atoms with van der Waals surface area (Å²) in [6.45, 7) is 6.93. The van der Waals surface area contributed by atoms with E-state index in [0.29, 0.717) is 6.04 Å². The molecule has 116 valence electrons. The third-order valence-electron chi connectivity index (χ3n) is 3.45. The number of hydrogen-bond acceptors (Lipinski definition) is 4. The molecule has 1 aliphatic carbocycles. The predicted molar refractivity (Wildman–Crippen MR) is 91.0 cm³/mol. The van der Waals surface area contributed by atoms with Crippen LogP contribution in [0.2, 0.25) is 0 Å². The molecule has 0 bridgehead atoms. The van der Waals surface area contributed by atoms with Crippen LogP contribution in [0.4, 0.5) is 0 Å². The van der Waals surface area contributed by atoms with E-state index < -0.39 is 0 Å². The lowest BCUT2D eigenvalue weighted by Crippen LogP contribution is -2.27. The molecule has 0 aromatic rings. The maximum Gasteiger partial charge on any atom is 0.109 e. The minimum Gasteiger partial charge on any atom is -0.303 e. The van der Waals surface area contributed by atoms with Crippen molar-refractivity contribution < 1.29 is 0 Å². The van der Waals surface area contributed by atoms with Crippen molar-refractivity contribution in [3.05, 3.63) is 35.6 Å². The Hall–Kier alpha value is -1.55. The fourth-order valence-corrected chi connectivity index (χ4v) is 2.09. The molecule has 0 saturated heterocycles. The highest BCUT2D eigenvalue weighted by Gasteiger charge is 2.14. The molecular formula is C17H28N4. The first kappa shape index (κ1) is 17.5. The van der Waals surface area contributed by atoms with Gasteiger partial charge in [-0.1, -0.05) is 24.3 Å². The van der Waals surface area contributed by atoms with Gasteiger partial charge in [0.25, 0.3) is 0 Å². The van der Waals surface area contributed by atoms with E-state index in [2.05, 4.69) is 59.4 Å². The van der Waals surface area contributed by atoms with Gasteiger partial charge in [-0.3, -0.25) is 4.99 Å². The molecule has 2 atom stereocenters. The van der Waals surface area contributed by atoms with Crippen LogP contribution in [0.3, 0.4) is 0 Å². The molecule has 1 aliphatic rings. The van der Waals surface area contributed by atoms with Crippen LogP contribution < -0.4 is 0 Å². The van der Waals surface area contributed by atoms with Crippen molar-refractivity contribution >= 4 is 6.21 Å². The second kappa shape index (κ2) is 9.40. The number of rotatable bonds is 7. The predicted octanol–water partition coefficient (Wildman–Crippen LogP) is 4.03. The van der Waals surface area contributed by atoms with Crippen LogP contribution in [-0.2, 0) is 0 Å². The van der Waals surface area contributed by atoms with Crippen molar-refractivity contribution in [2.75, 3.05) is 20.6 Å². The van der Waals surface area contributed by atoms with Gasteiger partial charge in [0.2, 0.25) is 0 Å². The zero-order chi connectivity index (χ0) is 15.7. The van der Waals surface area contributed by atoms with Crippen LogP contribution in [-0.4, -0.2) is 43.8 Å². The third-order valence-corrected chi connectivity index (χ3v) is 3.45. The molecule has 1 rings (SSSR count). The Labute approximate surface area is 129 Å². The van der Waals surface area contributed by atoms with Gasteiger partial charge in [-0.05, 0) is 53.3 Å². The Morgan fingerprint density at radius 2 is 2.19 bits per heavy atom. The monoisotopic (exact) mass is 288 g/mol. The molecule has 0 fully saturated rings. The number of allylic oxidation sites excluding steroid dienone is 2. The maximum absolute atomic E-state index is 4.44. The maximum atomic E-state index is 4.44. The van der Waals surface area contributed by atoms with E-state index in [4.69, 9.17) is 0 Å². The average molecular weight is 288 g/mol. The van der Waals surface area contributed by atoms with Crippen molar-refractivity contribution in [2.45, 2.75) is 45.7 Å². The summed E-state index contributed by atoms with van der Waals surface area (Å²) in [5, 5.41) is 8.88. The van der Waals surface area contributed by atoms with E-state index in [-0.39, 0.29) is 6.04 Å². The Balaban J connectivity index is 2.73. The topological polar surface area (TPSA) is 40.3 Å². The molecule has 0 aliphatic heterocycles. The largest absolute Gasteiger partial charge is 0.303 e. The third kappa shape index (κ3) is 6.17. The molecule has 4 heteroatoms. The molecule has 0 heterocycles. The lowest BCUT2D eigenvalue weighted by Gasteiger charge is -2.23. The molecule has 0 N–H and O–H groups in total. The molecule has 0 aromatic heterocycles. The molecule has 0 amide bonds. The minimum atomic E-state index is 0.0291. The number of hydrogen-bond donors (Lipinski definition) is 0. The van der Waals surface area contributed by atoms with Crippen LogP contribution in [0.25, 0.3) is 0 Å². The van der Waals surface area contributed by atoms with Gasteiger partial charge in [-0.25, -0.2) is 0 Å². The van der Waals surface area contributed by atoms with Gasteiger partial charge in [-0.15, -0.1) is 0 Å². The molecule has 0 spiro atoms. The number of nitrogens with zero attached hydrogens (tertiary/aromatic N) is 4. The lowest BCUT2D eigenvalue weighted by atomic mass is 10.0. The zero-order valence-corrected chi connectivity index (χ0v) is 14.0. The second-order valence-corrected chi connectivity index (χ2v) is 5.44. The highest BCUT2D eigenvalue weighted by atomic mass is 15.1. The summed E-state index contributed by atoms with van der Waals surface area (Å²) in [7, 11) is 4.20. The summed E-state index contributed by atoms with van der Waals surface area (Å²) >= 11 is 0. The number of azo groups is 1. The summed E-state index contributed by atoms with van der Waals surface area (Å²) in [5.41, 5.74) is 2.18. The van der Waals surface area contributed by atoms with Crippen LogP contribution in [0.15, 0.2) is 50.8 Å². The highest BCUT2D eigenvalue weighted by Crippen LogP contribution is 2.22. The standard InChI is InChI=1S/C17H28N4/c1-6-8-9-15(13-18-7-2)19-20-17-11-10-16(21(4)5)12-14(17)3/h6,8,11-13,15-16H,7,9-10H2,1-5H3/b8-6-,18-13?,20-19?. The first-order valence-electron chi connectivity index (χ1n) is 7.65. The van der Waals surface area contributed by atoms with Crippen molar-refractivity contribution in [1.82, 2.24) is 4.90 Å². The van der Waals surface area contributed by atoms with Gasteiger partial charge >= 0.3 is 0 Å². The summed E-state index contributed by atoms with van der Waals surface area (Å²) in [6.07, 6.45) is 12.3. The smallest absolute Gasteiger partial charge is 0.109 e. The Morgan fingerprint density at radius 3 is 2.76 bits per heavy atom. The molecule has 21 heavy (non-hydrogen) atoms. The summed E-state index contributed by atoms with van der Waals surface area (Å²) in [4.78, 5) is 6.51. The van der Waals surface area contributed by atoms with E-state index in [0.717, 1.165) is 25.1 Å². The first-order chi connectivity index (χ1) is 10.1. The van der Waals surface area contributed by atoms with Crippen LogP contribution in [0.5, 0.6) is 0 Å².